The average Bonchev–Trinajstić information content (AvgIpc) is 2.85. The molecular formula is C21H36N2O6. The van der Waals surface area contributed by atoms with Gasteiger partial charge in [0.05, 0.1) is 24.9 Å². The van der Waals surface area contributed by atoms with Crippen molar-refractivity contribution in [1.29, 1.82) is 0 Å². The van der Waals surface area contributed by atoms with Crippen LogP contribution in [0.3, 0.4) is 0 Å². The second-order valence-corrected chi connectivity index (χ2v) is 9.83. The Morgan fingerprint density at radius 2 is 1.76 bits per heavy atom. The van der Waals surface area contributed by atoms with Crippen LogP contribution in [0.5, 0.6) is 0 Å². The largest absolute Gasteiger partial charge is 0.382 e. The molecule has 0 spiro atoms. The molecule has 1 fully saturated rings. The van der Waals surface area contributed by atoms with E-state index in [1.807, 2.05) is 20.8 Å². The molecule has 8 heteroatoms. The molecule has 2 heterocycles. The highest BCUT2D eigenvalue weighted by molar-refractivity contribution is 5.04. The third-order valence-corrected chi connectivity index (χ3v) is 4.61. The van der Waals surface area contributed by atoms with E-state index in [1.54, 1.807) is 14.0 Å². The van der Waals surface area contributed by atoms with Gasteiger partial charge in [-0.1, -0.05) is 20.8 Å². The van der Waals surface area contributed by atoms with Gasteiger partial charge in [-0.3, -0.25) is 14.3 Å². The Kier molecular flexibility index (Phi) is 7.48. The van der Waals surface area contributed by atoms with Crippen LogP contribution in [0.25, 0.3) is 0 Å². The Morgan fingerprint density at radius 3 is 2.31 bits per heavy atom. The van der Waals surface area contributed by atoms with Gasteiger partial charge < -0.3 is 18.9 Å². The number of aromatic nitrogens is 2. The SMILES string of the molecule is COCCOC1[C@@H](OC(C)(C)C)[C@@H](CC(C)(C)C)O[C@H]1n1cc(C)c(=O)[nH]c1=O. The molecule has 0 aromatic carbocycles. The number of hydrogen-bond acceptors (Lipinski definition) is 6. The molecule has 1 aliphatic heterocycles. The number of H-pyrrole nitrogens is 1. The van der Waals surface area contributed by atoms with Crippen molar-refractivity contribution in [3.05, 3.63) is 32.6 Å². The van der Waals surface area contributed by atoms with Crippen molar-refractivity contribution in [1.82, 2.24) is 9.55 Å². The summed E-state index contributed by atoms with van der Waals surface area (Å²) in [5.41, 5.74) is -0.946. The number of ether oxygens (including phenoxy) is 4. The van der Waals surface area contributed by atoms with Crippen LogP contribution in [-0.4, -0.2) is 53.8 Å². The topological polar surface area (TPSA) is 91.8 Å². The molecule has 1 saturated heterocycles. The number of aromatic amines is 1. The van der Waals surface area contributed by atoms with Crippen LogP contribution in [0, 0.1) is 12.3 Å². The Hall–Kier alpha value is -1.48. The van der Waals surface area contributed by atoms with Crippen LogP contribution in [-0.2, 0) is 18.9 Å². The van der Waals surface area contributed by atoms with Gasteiger partial charge in [-0.25, -0.2) is 4.79 Å². The fourth-order valence-corrected chi connectivity index (χ4v) is 3.47. The van der Waals surface area contributed by atoms with Crippen LogP contribution in [0.2, 0.25) is 0 Å². The Morgan fingerprint density at radius 1 is 1.10 bits per heavy atom. The zero-order valence-corrected chi connectivity index (χ0v) is 18.9. The highest BCUT2D eigenvalue weighted by atomic mass is 16.6. The molecule has 8 nitrogen and oxygen atoms in total. The lowest BCUT2D eigenvalue weighted by atomic mass is 9.87. The van der Waals surface area contributed by atoms with Gasteiger partial charge in [0.25, 0.3) is 5.56 Å². The van der Waals surface area contributed by atoms with Gasteiger partial charge in [0.1, 0.15) is 12.2 Å². The lowest BCUT2D eigenvalue weighted by Gasteiger charge is -2.33. The van der Waals surface area contributed by atoms with E-state index in [9.17, 15) is 9.59 Å². The van der Waals surface area contributed by atoms with E-state index in [-0.39, 0.29) is 17.6 Å². The van der Waals surface area contributed by atoms with Crippen molar-refractivity contribution in [2.45, 2.75) is 85.0 Å². The van der Waals surface area contributed by atoms with Gasteiger partial charge in [0, 0.05) is 18.9 Å². The first kappa shape index (κ1) is 23.8. The van der Waals surface area contributed by atoms with Crippen LogP contribution < -0.4 is 11.2 Å². The molecule has 1 aromatic rings. The summed E-state index contributed by atoms with van der Waals surface area (Å²) >= 11 is 0. The summed E-state index contributed by atoms with van der Waals surface area (Å²) in [5, 5.41) is 0. The molecule has 1 unspecified atom stereocenters. The summed E-state index contributed by atoms with van der Waals surface area (Å²) in [6, 6.07) is 0. The molecule has 1 aromatic heterocycles. The molecule has 1 aliphatic rings. The van der Waals surface area contributed by atoms with Crippen molar-refractivity contribution >= 4 is 0 Å². The Balaban J connectivity index is 2.47. The van der Waals surface area contributed by atoms with Gasteiger partial charge in [0.2, 0.25) is 0 Å². The van der Waals surface area contributed by atoms with Crippen LogP contribution in [0.1, 0.15) is 59.8 Å². The van der Waals surface area contributed by atoms with Gasteiger partial charge in [0.15, 0.2) is 6.23 Å². The minimum Gasteiger partial charge on any atom is -0.382 e. The molecular weight excluding hydrogens is 376 g/mol. The summed E-state index contributed by atoms with van der Waals surface area (Å²) in [6.07, 6.45) is 0.355. The standard InChI is InChI=1S/C21H36N2O6/c1-13-12-23(19(25)22-17(13)24)18-16(27-10-9-26-8)15(29-21(5,6)7)14(28-18)11-20(2,3)4/h12,14-16,18H,9-11H2,1-8H3,(H,22,24,25)/t14-,15+,16?,18-/m1/s1. The van der Waals surface area contributed by atoms with Crippen molar-refractivity contribution in [2.24, 2.45) is 5.41 Å². The van der Waals surface area contributed by atoms with Crippen molar-refractivity contribution in [3.63, 3.8) is 0 Å². The predicted molar refractivity (Wildman–Crippen MR) is 110 cm³/mol. The third kappa shape index (κ3) is 6.50. The summed E-state index contributed by atoms with van der Waals surface area (Å²) in [6.45, 7) is 14.8. The van der Waals surface area contributed by atoms with E-state index in [0.29, 0.717) is 18.8 Å². The Labute approximate surface area is 172 Å². The maximum Gasteiger partial charge on any atom is 0.330 e. The first-order chi connectivity index (χ1) is 13.3. The van der Waals surface area contributed by atoms with E-state index < -0.39 is 29.2 Å². The molecule has 0 amide bonds. The van der Waals surface area contributed by atoms with Gasteiger partial charge in [-0.2, -0.15) is 0 Å². The maximum absolute atomic E-state index is 12.5. The van der Waals surface area contributed by atoms with Crippen molar-refractivity contribution in [3.8, 4) is 0 Å². The summed E-state index contributed by atoms with van der Waals surface area (Å²) < 4.78 is 25.4. The van der Waals surface area contributed by atoms with Gasteiger partial charge in [-0.05, 0) is 39.5 Å². The molecule has 0 radical (unpaired) electrons. The quantitative estimate of drug-likeness (QED) is 0.692. The second-order valence-electron chi connectivity index (χ2n) is 9.83. The van der Waals surface area contributed by atoms with E-state index >= 15 is 0 Å². The first-order valence-corrected chi connectivity index (χ1v) is 10.1. The van der Waals surface area contributed by atoms with Crippen LogP contribution >= 0.6 is 0 Å². The van der Waals surface area contributed by atoms with Crippen molar-refractivity contribution in [2.75, 3.05) is 20.3 Å². The summed E-state index contributed by atoms with van der Waals surface area (Å²) in [4.78, 5) is 26.7. The molecule has 0 saturated carbocycles. The van der Waals surface area contributed by atoms with E-state index in [2.05, 4.69) is 25.8 Å². The van der Waals surface area contributed by atoms with Crippen LogP contribution in [0.15, 0.2) is 15.8 Å². The molecule has 29 heavy (non-hydrogen) atoms. The smallest absolute Gasteiger partial charge is 0.330 e. The average molecular weight is 413 g/mol. The Bertz CT molecular complexity index is 786. The van der Waals surface area contributed by atoms with E-state index in [1.165, 1.54) is 10.8 Å². The minimum atomic E-state index is -0.713. The minimum absolute atomic E-state index is 0.0119. The zero-order chi connectivity index (χ0) is 22.0. The highest BCUT2D eigenvalue weighted by Crippen LogP contribution is 2.39. The summed E-state index contributed by atoms with van der Waals surface area (Å²) in [5.74, 6) is 0. The lowest BCUT2D eigenvalue weighted by molar-refractivity contribution is -0.134. The zero-order valence-electron chi connectivity index (χ0n) is 18.9. The molecule has 4 atom stereocenters. The maximum atomic E-state index is 12.5. The molecule has 0 bridgehead atoms. The molecule has 2 rings (SSSR count). The number of rotatable bonds is 7. The summed E-state index contributed by atoms with van der Waals surface area (Å²) in [7, 11) is 1.60. The van der Waals surface area contributed by atoms with E-state index in [4.69, 9.17) is 18.9 Å². The highest BCUT2D eigenvalue weighted by Gasteiger charge is 2.49. The number of methoxy groups -OCH3 is 1. The molecule has 166 valence electrons. The first-order valence-electron chi connectivity index (χ1n) is 10.1. The number of nitrogens with one attached hydrogen (secondary N) is 1. The fourth-order valence-electron chi connectivity index (χ4n) is 3.47. The van der Waals surface area contributed by atoms with Gasteiger partial charge >= 0.3 is 5.69 Å². The van der Waals surface area contributed by atoms with Crippen molar-refractivity contribution < 1.29 is 18.9 Å². The fraction of sp³-hybridized carbons (Fsp3) is 0.810. The van der Waals surface area contributed by atoms with Crippen LogP contribution in [0.4, 0.5) is 0 Å². The van der Waals surface area contributed by atoms with E-state index in [0.717, 1.165) is 6.42 Å². The van der Waals surface area contributed by atoms with Gasteiger partial charge in [-0.15, -0.1) is 0 Å². The lowest BCUT2D eigenvalue weighted by Crippen LogP contribution is -2.44. The predicted octanol–water partition coefficient (Wildman–Crippen LogP) is 2.39. The monoisotopic (exact) mass is 412 g/mol. The third-order valence-electron chi connectivity index (χ3n) is 4.61. The second kappa shape index (κ2) is 9.12. The number of nitrogens with zero attached hydrogens (tertiary/aromatic N) is 1. The number of aryl methyl sites for hydroxylation is 1. The molecule has 0 aliphatic carbocycles. The number of hydrogen-bond donors (Lipinski definition) is 1. The molecule has 1 N–H and O–H groups in total. The normalized spacial score (nSPS) is 25.5.